The zero-order valence-corrected chi connectivity index (χ0v) is 32.9. The number of esters is 1. The molecule has 0 fully saturated rings. The Morgan fingerprint density at radius 1 is 0.611 bits per heavy atom. The maximum absolute atomic E-state index is 12.8. The average Bonchev–Trinajstić information content (AvgIpc) is 3.08. The van der Waals surface area contributed by atoms with Crippen molar-refractivity contribution in [1.82, 2.24) is 0 Å². The molecule has 1 N–H and O–H groups in total. The van der Waals surface area contributed by atoms with Crippen molar-refractivity contribution in [2.75, 3.05) is 6.61 Å². The number of hydrogen-bond acceptors (Lipinski definition) is 5. The molecule has 0 heterocycles. The van der Waals surface area contributed by atoms with E-state index in [1.54, 1.807) is 42.6 Å². The standard InChI is InChI=1S/C22H25F3O2S.C20H21F3O2S/c1-5-18(21(26)27-6-2)16-9-12-19(20(13-16)28-14(3)4)15-7-10-17(11-8-15)22(23,24)25;1-4-16(19(24)25)14-7-10-17(18(11-14)26-12(2)3)13-5-8-15(9-6-13)20(21,22)23/h7-14,18H,5-6H2,1-4H3;5-12,16H,4H2,1-3H3,(H,24,25). The number of halogens is 6. The Balaban J connectivity index is 0.000000291. The summed E-state index contributed by atoms with van der Waals surface area (Å²) in [7, 11) is 0. The van der Waals surface area contributed by atoms with Crippen LogP contribution in [0.3, 0.4) is 0 Å². The molecule has 2 unspecified atom stereocenters. The number of rotatable bonds is 13. The van der Waals surface area contributed by atoms with E-state index in [2.05, 4.69) is 13.8 Å². The SMILES string of the molecule is CCC(C(=O)O)c1ccc(-c2ccc(C(F)(F)F)cc2)c(SC(C)C)c1.CCOC(=O)C(CC)c1ccc(-c2ccc(C(F)(F)F)cc2)c(SC(C)C)c1. The van der Waals surface area contributed by atoms with Gasteiger partial charge in [0.05, 0.1) is 29.6 Å². The van der Waals surface area contributed by atoms with Gasteiger partial charge in [0.25, 0.3) is 0 Å². The first-order valence-corrected chi connectivity index (χ1v) is 19.4. The van der Waals surface area contributed by atoms with Crippen molar-refractivity contribution in [2.24, 2.45) is 0 Å². The lowest BCUT2D eigenvalue weighted by atomic mass is 9.94. The van der Waals surface area contributed by atoms with Crippen LogP contribution in [0.25, 0.3) is 22.3 Å². The average molecular weight is 793 g/mol. The minimum atomic E-state index is -4.37. The summed E-state index contributed by atoms with van der Waals surface area (Å²) >= 11 is 3.19. The van der Waals surface area contributed by atoms with E-state index in [1.807, 2.05) is 52.0 Å². The van der Waals surface area contributed by atoms with Crippen molar-refractivity contribution in [3.63, 3.8) is 0 Å². The lowest BCUT2D eigenvalue weighted by Gasteiger charge is -2.18. The van der Waals surface area contributed by atoms with Gasteiger partial charge in [0, 0.05) is 20.3 Å². The van der Waals surface area contributed by atoms with Crippen molar-refractivity contribution in [3.05, 3.63) is 107 Å². The first-order chi connectivity index (χ1) is 25.3. The summed E-state index contributed by atoms with van der Waals surface area (Å²) in [6.07, 6.45) is -7.63. The third-order valence-corrected chi connectivity index (χ3v) is 10.4. The Hall–Kier alpha value is -3.90. The summed E-state index contributed by atoms with van der Waals surface area (Å²) in [4.78, 5) is 25.5. The number of carbonyl (C=O) groups excluding carboxylic acids is 1. The summed E-state index contributed by atoms with van der Waals surface area (Å²) in [6.45, 7) is 14.0. The third kappa shape index (κ3) is 12.3. The summed E-state index contributed by atoms with van der Waals surface area (Å²) in [5.74, 6) is -2.08. The van der Waals surface area contributed by atoms with Gasteiger partial charge in [0.2, 0.25) is 0 Å². The van der Waals surface area contributed by atoms with Crippen LogP contribution in [-0.2, 0) is 26.7 Å². The van der Waals surface area contributed by atoms with Crippen LogP contribution in [-0.4, -0.2) is 34.2 Å². The number of carbonyl (C=O) groups is 2. The molecular formula is C42H46F6O4S2. The summed E-state index contributed by atoms with van der Waals surface area (Å²) in [6, 6.07) is 21.3. The molecule has 0 saturated heterocycles. The fraction of sp³-hybridized carbons (Fsp3) is 0.381. The van der Waals surface area contributed by atoms with Crippen LogP contribution >= 0.6 is 23.5 Å². The van der Waals surface area contributed by atoms with Crippen LogP contribution in [0, 0.1) is 0 Å². The van der Waals surface area contributed by atoms with Gasteiger partial charge >= 0.3 is 24.3 Å². The largest absolute Gasteiger partial charge is 0.481 e. The molecular weight excluding hydrogens is 747 g/mol. The molecule has 0 aliphatic heterocycles. The van der Waals surface area contributed by atoms with Gasteiger partial charge in [-0.3, -0.25) is 9.59 Å². The number of carboxylic acids is 1. The van der Waals surface area contributed by atoms with Crippen LogP contribution in [0.15, 0.2) is 94.7 Å². The molecule has 54 heavy (non-hydrogen) atoms. The smallest absolute Gasteiger partial charge is 0.416 e. The second-order valence-electron chi connectivity index (χ2n) is 13.0. The van der Waals surface area contributed by atoms with Crippen LogP contribution in [0.5, 0.6) is 0 Å². The maximum Gasteiger partial charge on any atom is 0.416 e. The van der Waals surface area contributed by atoms with Crippen molar-refractivity contribution in [3.8, 4) is 22.3 Å². The molecule has 292 valence electrons. The minimum absolute atomic E-state index is 0.253. The van der Waals surface area contributed by atoms with E-state index >= 15 is 0 Å². The number of hydrogen-bond donors (Lipinski definition) is 1. The fourth-order valence-corrected chi connectivity index (χ4v) is 7.75. The number of alkyl halides is 6. The first-order valence-electron chi connectivity index (χ1n) is 17.7. The van der Waals surface area contributed by atoms with Crippen molar-refractivity contribution in [2.45, 2.75) is 106 Å². The lowest BCUT2D eigenvalue weighted by Crippen LogP contribution is -2.15. The molecule has 4 rings (SSSR count). The zero-order chi connectivity index (χ0) is 40.4. The van der Waals surface area contributed by atoms with Crippen molar-refractivity contribution >= 4 is 35.5 Å². The van der Waals surface area contributed by atoms with E-state index in [9.17, 15) is 41.0 Å². The van der Waals surface area contributed by atoms with Gasteiger partial charge in [-0.25, -0.2) is 0 Å². The number of thioether (sulfide) groups is 2. The van der Waals surface area contributed by atoms with Crippen molar-refractivity contribution in [1.29, 1.82) is 0 Å². The number of ether oxygens (including phenoxy) is 1. The monoisotopic (exact) mass is 792 g/mol. The molecule has 0 aromatic heterocycles. The molecule has 12 heteroatoms. The number of carboxylic acid groups (broad SMARTS) is 1. The fourth-order valence-electron chi connectivity index (χ4n) is 5.70. The van der Waals surface area contributed by atoms with Gasteiger partial charge in [-0.1, -0.05) is 90.1 Å². The van der Waals surface area contributed by atoms with E-state index in [-0.39, 0.29) is 22.4 Å². The highest BCUT2D eigenvalue weighted by Gasteiger charge is 2.31. The number of aliphatic carboxylic acids is 1. The highest BCUT2D eigenvalue weighted by molar-refractivity contribution is 8.00. The molecule has 4 nitrogen and oxygen atoms in total. The van der Waals surface area contributed by atoms with Gasteiger partial charge in [-0.15, -0.1) is 23.5 Å². The predicted octanol–water partition coefficient (Wildman–Crippen LogP) is 13.4. The van der Waals surface area contributed by atoms with Crippen LogP contribution < -0.4 is 0 Å². The van der Waals surface area contributed by atoms with Gasteiger partial charge in [0.1, 0.15) is 0 Å². The van der Waals surface area contributed by atoms with E-state index in [0.29, 0.717) is 36.1 Å². The Bertz CT molecular complexity index is 1840. The van der Waals surface area contributed by atoms with E-state index in [0.717, 1.165) is 50.7 Å². The number of benzene rings is 4. The molecule has 0 aliphatic rings. The Labute approximate surface area is 322 Å². The molecule has 4 aromatic carbocycles. The van der Waals surface area contributed by atoms with Gasteiger partial charge in [0.15, 0.2) is 0 Å². The molecule has 0 spiro atoms. The van der Waals surface area contributed by atoms with Gasteiger partial charge in [-0.2, -0.15) is 26.3 Å². The second kappa shape index (κ2) is 19.6. The lowest BCUT2D eigenvalue weighted by molar-refractivity contribution is -0.145. The molecule has 0 bridgehead atoms. The van der Waals surface area contributed by atoms with Crippen LogP contribution in [0.2, 0.25) is 0 Å². The van der Waals surface area contributed by atoms with E-state index < -0.39 is 35.4 Å². The quantitative estimate of drug-likeness (QED) is 0.0826. The Kier molecular flexibility index (Phi) is 16.2. The maximum atomic E-state index is 12.8. The summed E-state index contributed by atoms with van der Waals surface area (Å²) in [5.41, 5.74) is 3.27. The topological polar surface area (TPSA) is 63.6 Å². The molecule has 0 amide bonds. The third-order valence-electron chi connectivity index (χ3n) is 8.27. The molecule has 2 atom stereocenters. The van der Waals surface area contributed by atoms with E-state index in [1.165, 1.54) is 24.3 Å². The van der Waals surface area contributed by atoms with E-state index in [4.69, 9.17) is 4.74 Å². The molecule has 0 aliphatic carbocycles. The Morgan fingerprint density at radius 2 is 0.981 bits per heavy atom. The first kappa shape index (κ1) is 44.5. The molecule has 0 saturated carbocycles. The van der Waals surface area contributed by atoms with Crippen LogP contribution in [0.4, 0.5) is 26.3 Å². The summed E-state index contributed by atoms with van der Waals surface area (Å²) in [5, 5.41) is 9.92. The minimum Gasteiger partial charge on any atom is -0.481 e. The molecule has 0 radical (unpaired) electrons. The van der Waals surface area contributed by atoms with Crippen molar-refractivity contribution < 1.29 is 45.8 Å². The predicted molar refractivity (Wildman–Crippen MR) is 206 cm³/mol. The van der Waals surface area contributed by atoms with Crippen LogP contribution in [0.1, 0.15) is 95.4 Å². The normalized spacial score (nSPS) is 12.9. The van der Waals surface area contributed by atoms with Gasteiger partial charge < -0.3 is 9.84 Å². The molecule has 4 aromatic rings. The second-order valence-corrected chi connectivity index (χ2v) is 16.2. The summed E-state index contributed by atoms with van der Waals surface area (Å²) < 4.78 is 82.0. The highest BCUT2D eigenvalue weighted by atomic mass is 32.2. The highest BCUT2D eigenvalue weighted by Crippen LogP contribution is 2.40. The van der Waals surface area contributed by atoms with Gasteiger partial charge in [-0.05, 0) is 89.5 Å². The Morgan fingerprint density at radius 3 is 1.28 bits per heavy atom. The zero-order valence-electron chi connectivity index (χ0n) is 31.3.